The number of methoxy groups -OCH3 is 2. The number of benzene rings is 1. The van der Waals surface area contributed by atoms with Gasteiger partial charge in [-0.1, -0.05) is 36.4 Å². The third kappa shape index (κ3) is 1.54. The minimum Gasteiger partial charge on any atom is -0.468 e. The van der Waals surface area contributed by atoms with Crippen LogP contribution in [-0.4, -0.2) is 38.4 Å². The van der Waals surface area contributed by atoms with Crippen LogP contribution in [0.25, 0.3) is 0 Å². The Bertz CT molecular complexity index is 724. The zero-order valence-corrected chi connectivity index (χ0v) is 13.1. The number of carbonyl (C=O) groups is 2. The summed E-state index contributed by atoms with van der Waals surface area (Å²) in [5, 5.41) is 0. The van der Waals surface area contributed by atoms with Crippen molar-refractivity contribution in [1.82, 2.24) is 0 Å². The maximum atomic E-state index is 13.1. The molecule has 5 nitrogen and oxygen atoms in total. The lowest BCUT2D eigenvalue weighted by molar-refractivity contribution is -0.199. The fraction of sp³-hybridized carbons (Fsp3) is 0.444. The normalized spacial score (nSPS) is 37.2. The van der Waals surface area contributed by atoms with Gasteiger partial charge < -0.3 is 14.2 Å². The van der Waals surface area contributed by atoms with E-state index in [2.05, 4.69) is 0 Å². The third-order valence-electron chi connectivity index (χ3n) is 5.50. The minimum absolute atomic E-state index is 0.0555. The van der Waals surface area contributed by atoms with E-state index in [1.54, 1.807) is 12.1 Å². The standard InChI is InChI=1S/C18H18O5/c1-21-16(20)17-9-5-6-11-10-23-18(22-2,14(11)17)15(19)12-7-3-4-8-13(12)17/h3-8,11,14H,9-10H2,1-2H3/t11-,14+,17-,18+/m1/s1. The van der Waals surface area contributed by atoms with Crippen LogP contribution in [-0.2, 0) is 24.4 Å². The van der Waals surface area contributed by atoms with Crippen LogP contribution in [0.2, 0.25) is 0 Å². The molecule has 1 fully saturated rings. The predicted octanol–water partition coefficient (Wildman–Crippen LogP) is 1.86. The number of hydrogen-bond acceptors (Lipinski definition) is 5. The van der Waals surface area contributed by atoms with E-state index in [9.17, 15) is 9.59 Å². The Labute approximate surface area is 134 Å². The molecule has 3 aliphatic rings. The molecule has 1 aliphatic heterocycles. The van der Waals surface area contributed by atoms with E-state index in [0.717, 1.165) is 5.56 Å². The van der Waals surface area contributed by atoms with E-state index in [0.29, 0.717) is 18.6 Å². The molecule has 5 heteroatoms. The van der Waals surface area contributed by atoms with Crippen LogP contribution in [0.5, 0.6) is 0 Å². The highest BCUT2D eigenvalue weighted by atomic mass is 16.7. The van der Waals surface area contributed by atoms with Crippen molar-refractivity contribution in [3.8, 4) is 0 Å². The number of ether oxygens (including phenoxy) is 3. The molecule has 120 valence electrons. The number of esters is 1. The quantitative estimate of drug-likeness (QED) is 0.616. The lowest BCUT2D eigenvalue weighted by Crippen LogP contribution is -2.63. The molecular weight excluding hydrogens is 296 g/mol. The first kappa shape index (κ1) is 14.6. The fourth-order valence-electron chi connectivity index (χ4n) is 4.62. The lowest BCUT2D eigenvalue weighted by atomic mass is 9.54. The van der Waals surface area contributed by atoms with Gasteiger partial charge in [-0.15, -0.1) is 0 Å². The third-order valence-corrected chi connectivity index (χ3v) is 5.50. The highest BCUT2D eigenvalue weighted by molar-refractivity contribution is 6.08. The van der Waals surface area contributed by atoms with Gasteiger partial charge in [0.1, 0.15) is 5.41 Å². The Hall–Kier alpha value is -1.98. The fourth-order valence-corrected chi connectivity index (χ4v) is 4.62. The van der Waals surface area contributed by atoms with Crippen molar-refractivity contribution in [2.24, 2.45) is 11.8 Å². The molecule has 0 bridgehead atoms. The second-order valence-electron chi connectivity index (χ2n) is 6.29. The van der Waals surface area contributed by atoms with Gasteiger partial charge in [0.15, 0.2) is 0 Å². The Morgan fingerprint density at radius 3 is 2.83 bits per heavy atom. The van der Waals surface area contributed by atoms with Crippen molar-refractivity contribution in [2.75, 3.05) is 20.8 Å². The van der Waals surface area contributed by atoms with Crippen LogP contribution in [0.15, 0.2) is 36.4 Å². The largest absolute Gasteiger partial charge is 0.468 e. The molecule has 4 rings (SSSR count). The molecule has 1 aromatic carbocycles. The van der Waals surface area contributed by atoms with Crippen molar-refractivity contribution in [3.05, 3.63) is 47.5 Å². The summed E-state index contributed by atoms with van der Waals surface area (Å²) in [7, 11) is 2.85. The van der Waals surface area contributed by atoms with E-state index in [4.69, 9.17) is 14.2 Å². The number of hydrogen-bond donors (Lipinski definition) is 0. The molecule has 4 atom stereocenters. The first-order valence-electron chi connectivity index (χ1n) is 7.70. The van der Waals surface area contributed by atoms with Crippen LogP contribution in [0.3, 0.4) is 0 Å². The molecule has 0 N–H and O–H groups in total. The van der Waals surface area contributed by atoms with Crippen molar-refractivity contribution >= 4 is 11.8 Å². The zero-order valence-electron chi connectivity index (χ0n) is 13.1. The van der Waals surface area contributed by atoms with Gasteiger partial charge in [0.25, 0.3) is 0 Å². The van der Waals surface area contributed by atoms with Gasteiger partial charge in [0.05, 0.1) is 19.6 Å². The molecule has 23 heavy (non-hydrogen) atoms. The Morgan fingerprint density at radius 2 is 2.09 bits per heavy atom. The smallest absolute Gasteiger partial charge is 0.317 e. The summed E-state index contributed by atoms with van der Waals surface area (Å²) in [5.74, 6) is -2.44. The van der Waals surface area contributed by atoms with Gasteiger partial charge in [0.2, 0.25) is 11.6 Å². The summed E-state index contributed by atoms with van der Waals surface area (Å²) in [6.07, 6.45) is 4.48. The average molecular weight is 314 g/mol. The van der Waals surface area contributed by atoms with Crippen molar-refractivity contribution < 1.29 is 23.8 Å². The van der Waals surface area contributed by atoms with Crippen LogP contribution >= 0.6 is 0 Å². The first-order chi connectivity index (χ1) is 11.1. The van der Waals surface area contributed by atoms with Crippen molar-refractivity contribution in [2.45, 2.75) is 17.6 Å². The van der Waals surface area contributed by atoms with Crippen LogP contribution < -0.4 is 0 Å². The van der Waals surface area contributed by atoms with Gasteiger partial charge in [-0.25, -0.2) is 0 Å². The first-order valence-corrected chi connectivity index (χ1v) is 7.70. The molecule has 0 saturated carbocycles. The van der Waals surface area contributed by atoms with Gasteiger partial charge in [-0.05, 0) is 12.0 Å². The van der Waals surface area contributed by atoms with Crippen molar-refractivity contribution in [3.63, 3.8) is 0 Å². The number of carbonyl (C=O) groups excluding carboxylic acids is 2. The minimum atomic E-state index is -1.42. The van der Waals surface area contributed by atoms with Crippen LogP contribution in [0, 0.1) is 11.8 Å². The Morgan fingerprint density at radius 1 is 1.30 bits per heavy atom. The molecule has 1 saturated heterocycles. The number of rotatable bonds is 2. The second kappa shape index (κ2) is 4.76. The molecule has 1 heterocycles. The Kier molecular flexibility index (Phi) is 3.02. The predicted molar refractivity (Wildman–Crippen MR) is 80.9 cm³/mol. The summed E-state index contributed by atoms with van der Waals surface area (Å²) in [5.41, 5.74) is 0.242. The summed E-state index contributed by atoms with van der Waals surface area (Å²) in [6, 6.07) is 7.21. The summed E-state index contributed by atoms with van der Waals surface area (Å²) in [4.78, 5) is 26.0. The molecule has 1 aromatic rings. The molecule has 0 aromatic heterocycles. The molecule has 0 unspecified atom stereocenters. The Balaban J connectivity index is 2.08. The number of Topliss-reactive ketones (excluding diaryl/α,β-unsaturated/α-hetero) is 1. The van der Waals surface area contributed by atoms with Gasteiger partial charge in [-0.3, -0.25) is 9.59 Å². The maximum absolute atomic E-state index is 13.1. The average Bonchev–Trinajstić information content (AvgIpc) is 3.00. The van der Waals surface area contributed by atoms with Crippen molar-refractivity contribution in [1.29, 1.82) is 0 Å². The van der Waals surface area contributed by atoms with E-state index >= 15 is 0 Å². The highest BCUT2D eigenvalue weighted by Crippen LogP contribution is 2.58. The summed E-state index contributed by atoms with van der Waals surface area (Å²) < 4.78 is 16.6. The summed E-state index contributed by atoms with van der Waals surface area (Å²) >= 11 is 0. The SMILES string of the molecule is COC(=O)[C@]12CC=C[C@@H]3CO[C@](OC)(C(=O)c4ccccc41)[C@@H]32. The highest BCUT2D eigenvalue weighted by Gasteiger charge is 2.70. The van der Waals surface area contributed by atoms with Gasteiger partial charge >= 0.3 is 5.97 Å². The zero-order chi connectivity index (χ0) is 16.2. The molecular formula is C18H18O5. The second-order valence-corrected chi connectivity index (χ2v) is 6.29. The lowest BCUT2D eigenvalue weighted by Gasteiger charge is -2.49. The summed E-state index contributed by atoms with van der Waals surface area (Å²) in [6.45, 7) is 0.355. The number of allylic oxidation sites excluding steroid dienone is 1. The van der Waals surface area contributed by atoms with Gasteiger partial charge in [0, 0.05) is 18.6 Å². The maximum Gasteiger partial charge on any atom is 0.317 e. The van der Waals surface area contributed by atoms with E-state index in [-0.39, 0.29) is 17.7 Å². The number of ketones is 1. The number of fused-ring (bicyclic) bond motifs is 2. The molecule has 2 aliphatic carbocycles. The molecule has 0 spiro atoms. The monoisotopic (exact) mass is 314 g/mol. The molecule has 0 radical (unpaired) electrons. The van der Waals surface area contributed by atoms with E-state index in [1.165, 1.54) is 14.2 Å². The molecule has 0 amide bonds. The van der Waals surface area contributed by atoms with Gasteiger partial charge in [-0.2, -0.15) is 0 Å². The van der Waals surface area contributed by atoms with Crippen LogP contribution in [0.1, 0.15) is 22.3 Å². The van der Waals surface area contributed by atoms with Crippen LogP contribution in [0.4, 0.5) is 0 Å². The van der Waals surface area contributed by atoms with E-state index < -0.39 is 17.1 Å². The topological polar surface area (TPSA) is 61.8 Å². The van der Waals surface area contributed by atoms with E-state index in [1.807, 2.05) is 24.3 Å².